The minimum atomic E-state index is -1.15. The number of nitrogens with zero attached hydrogens (tertiary/aromatic N) is 1. The van der Waals surface area contributed by atoms with E-state index in [1.165, 1.54) is 0 Å². The van der Waals surface area contributed by atoms with E-state index >= 15 is 0 Å². The van der Waals surface area contributed by atoms with E-state index in [0.29, 0.717) is 6.54 Å². The van der Waals surface area contributed by atoms with Gasteiger partial charge in [0.1, 0.15) is 19.2 Å². The van der Waals surface area contributed by atoms with Crippen molar-refractivity contribution in [3.63, 3.8) is 0 Å². The zero-order valence-electron chi connectivity index (χ0n) is 10.2. The molecule has 0 spiro atoms. The molecule has 0 amide bonds. The van der Waals surface area contributed by atoms with Crippen LogP contribution < -0.4 is 5.73 Å². The van der Waals surface area contributed by atoms with Gasteiger partial charge >= 0.3 is 11.9 Å². The summed E-state index contributed by atoms with van der Waals surface area (Å²) >= 11 is 0. The number of carbonyl (C=O) groups excluding carboxylic acids is 1. The lowest BCUT2D eigenvalue weighted by atomic mass is 10.2. The van der Waals surface area contributed by atoms with Crippen LogP contribution in [0.15, 0.2) is 0 Å². The summed E-state index contributed by atoms with van der Waals surface area (Å²) in [5, 5.41) is 8.49. The highest BCUT2D eigenvalue weighted by Gasteiger charge is 2.17. The molecule has 0 aromatic heterocycles. The van der Waals surface area contributed by atoms with Crippen molar-refractivity contribution < 1.29 is 28.3 Å². The van der Waals surface area contributed by atoms with Crippen molar-refractivity contribution in [2.45, 2.75) is 18.9 Å². The van der Waals surface area contributed by atoms with Gasteiger partial charge in [0, 0.05) is 6.42 Å². The Morgan fingerprint density at radius 2 is 2.06 bits per heavy atom. The minimum Gasteiger partial charge on any atom is -0.480 e. The largest absolute Gasteiger partial charge is 0.480 e. The van der Waals surface area contributed by atoms with Crippen molar-refractivity contribution >= 4 is 11.9 Å². The van der Waals surface area contributed by atoms with Crippen molar-refractivity contribution in [3.05, 3.63) is 0 Å². The maximum absolute atomic E-state index is 12.4. The Balaban J connectivity index is 3.71. The second-order valence-electron chi connectivity index (χ2n) is 4.48. The lowest BCUT2D eigenvalue weighted by molar-refractivity contribution is -0.902. The molecule has 0 rings (SSSR count). The standard InChI is InChI=1S/C10H19FN2O4/c1-13(2,7-11)5-6-17-9(14)4-3-8(12)10(15)16/h8H,3-7,12H2,1-2H3/p+1/t8-/m0/s1. The molecule has 0 saturated heterocycles. The van der Waals surface area contributed by atoms with Crippen LogP contribution in [-0.2, 0) is 14.3 Å². The van der Waals surface area contributed by atoms with Gasteiger partial charge in [-0.25, -0.2) is 0 Å². The molecule has 0 aromatic carbocycles. The van der Waals surface area contributed by atoms with E-state index in [1.807, 2.05) is 0 Å². The fraction of sp³-hybridized carbons (Fsp3) is 0.800. The number of quaternary nitrogens is 1. The fourth-order valence-electron chi connectivity index (χ4n) is 0.935. The Morgan fingerprint density at radius 3 is 2.53 bits per heavy atom. The zero-order valence-corrected chi connectivity index (χ0v) is 10.2. The summed E-state index contributed by atoms with van der Waals surface area (Å²) in [6.07, 6.45) is -0.00789. The number of nitrogens with two attached hydrogens (primary N) is 1. The molecule has 0 unspecified atom stereocenters. The first-order valence-corrected chi connectivity index (χ1v) is 5.30. The molecule has 17 heavy (non-hydrogen) atoms. The van der Waals surface area contributed by atoms with Crippen molar-refractivity contribution in [2.24, 2.45) is 5.73 Å². The van der Waals surface area contributed by atoms with Gasteiger partial charge < -0.3 is 15.6 Å². The van der Waals surface area contributed by atoms with Crippen LogP contribution in [0.3, 0.4) is 0 Å². The number of alkyl halides is 1. The molecule has 0 aliphatic carbocycles. The molecular formula is C10H20FN2O4+. The third-order valence-electron chi connectivity index (χ3n) is 2.26. The van der Waals surface area contributed by atoms with E-state index in [0.717, 1.165) is 0 Å². The Bertz CT molecular complexity index is 271. The summed E-state index contributed by atoms with van der Waals surface area (Å²) in [7, 11) is 3.35. The van der Waals surface area contributed by atoms with Crippen molar-refractivity contribution in [3.8, 4) is 0 Å². The maximum Gasteiger partial charge on any atom is 0.320 e. The number of aliphatic carboxylic acids is 1. The summed E-state index contributed by atoms with van der Waals surface area (Å²) in [6, 6.07) is -1.05. The highest BCUT2D eigenvalue weighted by atomic mass is 19.1. The van der Waals surface area contributed by atoms with Crippen LogP contribution in [0.1, 0.15) is 12.8 Å². The zero-order chi connectivity index (χ0) is 13.5. The topological polar surface area (TPSA) is 89.6 Å². The average Bonchev–Trinajstić information content (AvgIpc) is 2.25. The second-order valence-corrected chi connectivity index (χ2v) is 4.48. The maximum atomic E-state index is 12.4. The van der Waals surface area contributed by atoms with Gasteiger partial charge in [0.05, 0.1) is 14.1 Å². The van der Waals surface area contributed by atoms with Crippen LogP contribution in [-0.4, -0.2) is 61.6 Å². The number of carbonyl (C=O) groups is 2. The molecule has 0 aliphatic rings. The molecule has 1 atom stereocenters. The van der Waals surface area contributed by atoms with Crippen LogP contribution in [0.4, 0.5) is 4.39 Å². The number of hydrogen-bond donors (Lipinski definition) is 2. The van der Waals surface area contributed by atoms with E-state index in [-0.39, 0.29) is 23.9 Å². The molecule has 0 heterocycles. The predicted molar refractivity (Wildman–Crippen MR) is 58.8 cm³/mol. The number of carboxylic acids is 1. The molecule has 100 valence electrons. The molecule has 0 bridgehead atoms. The lowest BCUT2D eigenvalue weighted by Crippen LogP contribution is -2.41. The number of halogens is 1. The van der Waals surface area contributed by atoms with Crippen LogP contribution in [0.2, 0.25) is 0 Å². The van der Waals surface area contributed by atoms with Gasteiger partial charge in [-0.15, -0.1) is 0 Å². The highest BCUT2D eigenvalue weighted by molar-refractivity contribution is 5.75. The Morgan fingerprint density at radius 1 is 1.47 bits per heavy atom. The SMILES string of the molecule is C[N+](C)(CF)CCOC(=O)CC[C@H](N)C(=O)O. The summed E-state index contributed by atoms with van der Waals surface area (Å²) in [5.74, 6) is -1.66. The van der Waals surface area contributed by atoms with E-state index in [9.17, 15) is 14.0 Å². The Labute approximate surface area is 99.7 Å². The molecular weight excluding hydrogens is 231 g/mol. The second kappa shape index (κ2) is 7.18. The van der Waals surface area contributed by atoms with E-state index in [4.69, 9.17) is 15.6 Å². The van der Waals surface area contributed by atoms with Crippen LogP contribution >= 0.6 is 0 Å². The highest BCUT2D eigenvalue weighted by Crippen LogP contribution is 2.00. The van der Waals surface area contributed by atoms with Gasteiger partial charge in [-0.3, -0.25) is 14.1 Å². The van der Waals surface area contributed by atoms with Gasteiger partial charge in [-0.05, 0) is 6.42 Å². The fourth-order valence-corrected chi connectivity index (χ4v) is 0.935. The molecule has 0 radical (unpaired) electrons. The van der Waals surface area contributed by atoms with E-state index < -0.39 is 24.8 Å². The van der Waals surface area contributed by atoms with Crippen LogP contribution in [0, 0.1) is 0 Å². The quantitative estimate of drug-likeness (QED) is 0.352. The molecule has 6 nitrogen and oxygen atoms in total. The molecule has 0 saturated carbocycles. The summed E-state index contributed by atoms with van der Waals surface area (Å²) < 4.78 is 17.3. The smallest absolute Gasteiger partial charge is 0.320 e. The van der Waals surface area contributed by atoms with E-state index in [2.05, 4.69) is 0 Å². The number of rotatable bonds is 8. The van der Waals surface area contributed by atoms with Crippen LogP contribution in [0.25, 0.3) is 0 Å². The summed E-state index contributed by atoms with van der Waals surface area (Å²) in [5.41, 5.74) is 5.22. The minimum absolute atomic E-state index is 0.0372. The monoisotopic (exact) mass is 251 g/mol. The molecule has 0 aromatic rings. The first kappa shape index (κ1) is 15.8. The average molecular weight is 251 g/mol. The van der Waals surface area contributed by atoms with Gasteiger partial charge in [0.15, 0.2) is 0 Å². The number of carboxylic acid groups (broad SMARTS) is 1. The van der Waals surface area contributed by atoms with Gasteiger partial charge in [0.25, 0.3) is 0 Å². The summed E-state index contributed by atoms with van der Waals surface area (Å²) in [6.45, 7) is -0.0628. The summed E-state index contributed by atoms with van der Waals surface area (Å²) in [4.78, 5) is 21.5. The first-order valence-electron chi connectivity index (χ1n) is 5.30. The van der Waals surface area contributed by atoms with Gasteiger partial charge in [-0.1, -0.05) is 0 Å². The number of hydrogen-bond acceptors (Lipinski definition) is 4. The number of esters is 1. The molecule has 0 aliphatic heterocycles. The molecule has 0 fully saturated rings. The third kappa shape index (κ3) is 7.64. The van der Waals surface area contributed by atoms with Crippen molar-refractivity contribution in [2.75, 3.05) is 34.0 Å². The van der Waals surface area contributed by atoms with Crippen molar-refractivity contribution in [1.82, 2.24) is 0 Å². The van der Waals surface area contributed by atoms with Gasteiger partial charge in [-0.2, -0.15) is 4.39 Å². The number of likely N-dealkylation sites (N-methyl/N-ethyl adjacent to an activating group) is 1. The van der Waals surface area contributed by atoms with E-state index in [1.54, 1.807) is 14.1 Å². The van der Waals surface area contributed by atoms with Gasteiger partial charge in [0.2, 0.25) is 6.80 Å². The first-order chi connectivity index (χ1) is 7.78. The number of ether oxygens (including phenoxy) is 1. The van der Waals surface area contributed by atoms with Crippen LogP contribution in [0.5, 0.6) is 0 Å². The lowest BCUT2D eigenvalue weighted by Gasteiger charge is -2.25. The Hall–Kier alpha value is -1.21. The van der Waals surface area contributed by atoms with Crippen molar-refractivity contribution in [1.29, 1.82) is 0 Å². The Kier molecular flexibility index (Phi) is 6.67. The normalized spacial score (nSPS) is 13.2. The predicted octanol–water partition coefficient (Wildman–Crippen LogP) is -0.275. The molecule has 7 heteroatoms. The molecule has 3 N–H and O–H groups in total. The third-order valence-corrected chi connectivity index (χ3v) is 2.26.